The molecule has 0 saturated carbocycles. The van der Waals surface area contributed by atoms with E-state index in [0.717, 1.165) is 12.8 Å². The number of carbonyl (C=O) groups excluding carboxylic acids is 1. The number of fused-ring (bicyclic) bond motifs is 2. The van der Waals surface area contributed by atoms with Crippen LogP contribution in [-0.4, -0.2) is 36.6 Å². The average molecular weight is 373 g/mol. The van der Waals surface area contributed by atoms with E-state index in [1.165, 1.54) is 24.3 Å². The lowest BCUT2D eigenvalue weighted by molar-refractivity contribution is 0.0598. The number of halogens is 1. The minimum absolute atomic E-state index is 0.0743. The Labute approximate surface area is 152 Å². The van der Waals surface area contributed by atoms with E-state index in [2.05, 4.69) is 0 Å². The van der Waals surface area contributed by atoms with Gasteiger partial charge in [0.25, 0.3) is 5.91 Å². The van der Waals surface area contributed by atoms with Crippen LogP contribution in [0.3, 0.4) is 0 Å². The van der Waals surface area contributed by atoms with E-state index in [4.69, 9.17) is 0 Å². The third-order valence-electron chi connectivity index (χ3n) is 5.53. The number of hydrogen-bond acceptors (Lipinski definition) is 3. The molecule has 2 aliphatic rings. The molecule has 2 aromatic rings. The van der Waals surface area contributed by atoms with Crippen molar-refractivity contribution < 1.29 is 17.6 Å². The molecule has 2 saturated heterocycles. The van der Waals surface area contributed by atoms with Crippen LogP contribution in [0.25, 0.3) is 0 Å². The monoisotopic (exact) mass is 373 g/mol. The fraction of sp³-hybridized carbons (Fsp3) is 0.350. The van der Waals surface area contributed by atoms with E-state index in [1.54, 1.807) is 30.3 Å². The summed E-state index contributed by atoms with van der Waals surface area (Å²) in [5.74, 6) is -0.509. The minimum Gasteiger partial charge on any atom is -0.333 e. The number of sulfone groups is 1. The summed E-state index contributed by atoms with van der Waals surface area (Å²) < 4.78 is 39.0. The summed E-state index contributed by atoms with van der Waals surface area (Å²) in [6.45, 7) is 0. The third-order valence-corrected chi connectivity index (χ3v) is 7.72. The molecule has 136 valence electrons. The molecule has 6 heteroatoms. The first-order valence-electron chi connectivity index (χ1n) is 8.84. The lowest BCUT2D eigenvalue weighted by Crippen LogP contribution is -2.49. The number of carbonyl (C=O) groups is 1. The second-order valence-electron chi connectivity index (χ2n) is 7.06. The molecule has 2 unspecified atom stereocenters. The molecule has 2 atom stereocenters. The molecule has 0 radical (unpaired) electrons. The molecule has 1 amide bonds. The molecule has 0 aromatic heterocycles. The van der Waals surface area contributed by atoms with Gasteiger partial charge in [-0.2, -0.15) is 0 Å². The highest BCUT2D eigenvalue weighted by Gasteiger charge is 2.47. The molecule has 2 heterocycles. The molecule has 2 aliphatic heterocycles. The molecule has 0 aliphatic carbocycles. The van der Waals surface area contributed by atoms with Crippen molar-refractivity contribution in [3.05, 3.63) is 66.0 Å². The summed E-state index contributed by atoms with van der Waals surface area (Å²) in [5.41, 5.74) is 0.452. The van der Waals surface area contributed by atoms with Crippen molar-refractivity contribution >= 4 is 15.7 Å². The highest BCUT2D eigenvalue weighted by molar-refractivity contribution is 7.92. The maximum atomic E-state index is 13.1. The van der Waals surface area contributed by atoms with Gasteiger partial charge in [-0.3, -0.25) is 4.79 Å². The van der Waals surface area contributed by atoms with Crippen LogP contribution in [0.15, 0.2) is 59.5 Å². The van der Waals surface area contributed by atoms with Gasteiger partial charge in [0.15, 0.2) is 9.84 Å². The van der Waals surface area contributed by atoms with Gasteiger partial charge in [0.05, 0.1) is 10.1 Å². The van der Waals surface area contributed by atoms with Crippen molar-refractivity contribution in [1.82, 2.24) is 4.90 Å². The first-order valence-corrected chi connectivity index (χ1v) is 10.4. The van der Waals surface area contributed by atoms with E-state index < -0.39 is 15.1 Å². The van der Waals surface area contributed by atoms with Gasteiger partial charge in [-0.25, -0.2) is 12.8 Å². The smallest absolute Gasteiger partial charge is 0.254 e. The zero-order valence-electron chi connectivity index (χ0n) is 14.2. The van der Waals surface area contributed by atoms with Crippen LogP contribution in [0.4, 0.5) is 4.39 Å². The predicted molar refractivity (Wildman–Crippen MR) is 96.0 cm³/mol. The normalized spacial score (nSPS) is 25.3. The van der Waals surface area contributed by atoms with Crippen LogP contribution in [0.2, 0.25) is 0 Å². The number of amides is 1. The molecule has 2 aromatic carbocycles. The van der Waals surface area contributed by atoms with Crippen molar-refractivity contribution in [2.75, 3.05) is 0 Å². The van der Waals surface area contributed by atoms with Crippen LogP contribution in [-0.2, 0) is 9.84 Å². The van der Waals surface area contributed by atoms with Gasteiger partial charge < -0.3 is 4.90 Å². The van der Waals surface area contributed by atoms with E-state index in [1.807, 2.05) is 4.90 Å². The summed E-state index contributed by atoms with van der Waals surface area (Å²) in [6.07, 6.45) is 2.55. The van der Waals surface area contributed by atoms with Gasteiger partial charge in [0, 0.05) is 17.6 Å². The number of nitrogens with zero attached hydrogens (tertiary/aromatic N) is 1. The van der Waals surface area contributed by atoms with Crippen LogP contribution in [0.5, 0.6) is 0 Å². The van der Waals surface area contributed by atoms with Gasteiger partial charge in [-0.05, 0) is 62.1 Å². The summed E-state index contributed by atoms with van der Waals surface area (Å²) in [6, 6.07) is 13.9. The maximum Gasteiger partial charge on any atom is 0.254 e. The van der Waals surface area contributed by atoms with Gasteiger partial charge >= 0.3 is 0 Å². The molecule has 2 bridgehead atoms. The fourth-order valence-electron chi connectivity index (χ4n) is 4.26. The standard InChI is InChI=1S/C20H20FNO3S/c21-15-8-6-14(7-9-15)20(23)22-16-10-11-17(22)13-19(12-16)26(24,25)18-4-2-1-3-5-18/h1-9,16-17,19H,10-13H2. The largest absolute Gasteiger partial charge is 0.333 e. The lowest BCUT2D eigenvalue weighted by Gasteiger charge is -2.38. The molecular weight excluding hydrogens is 353 g/mol. The molecule has 0 spiro atoms. The first-order chi connectivity index (χ1) is 12.5. The summed E-state index contributed by atoms with van der Waals surface area (Å²) in [7, 11) is -3.39. The van der Waals surface area contributed by atoms with Gasteiger partial charge in [-0.1, -0.05) is 18.2 Å². The minimum atomic E-state index is -3.39. The summed E-state index contributed by atoms with van der Waals surface area (Å²) in [4.78, 5) is 15.0. The molecular formula is C20H20FNO3S. The SMILES string of the molecule is O=C(c1ccc(F)cc1)N1C2CCC1CC(S(=O)(=O)c1ccccc1)C2. The van der Waals surface area contributed by atoms with Crippen molar-refractivity contribution in [3.8, 4) is 0 Å². The number of rotatable bonds is 3. The Morgan fingerprint density at radius 3 is 2.08 bits per heavy atom. The highest BCUT2D eigenvalue weighted by Crippen LogP contribution is 2.40. The average Bonchev–Trinajstić information content (AvgIpc) is 2.91. The van der Waals surface area contributed by atoms with E-state index in [9.17, 15) is 17.6 Å². The number of benzene rings is 2. The number of hydrogen-bond donors (Lipinski definition) is 0. The summed E-state index contributed by atoms with van der Waals surface area (Å²) in [5, 5.41) is -0.459. The first kappa shape index (κ1) is 17.2. The number of piperidine rings is 1. The molecule has 2 fully saturated rings. The quantitative estimate of drug-likeness (QED) is 0.828. The zero-order valence-corrected chi connectivity index (χ0v) is 15.0. The Hall–Kier alpha value is -2.21. The van der Waals surface area contributed by atoms with Crippen LogP contribution in [0.1, 0.15) is 36.0 Å². The molecule has 0 N–H and O–H groups in total. The van der Waals surface area contributed by atoms with Crippen molar-refractivity contribution in [2.24, 2.45) is 0 Å². The fourth-order valence-corrected chi connectivity index (χ4v) is 6.13. The van der Waals surface area contributed by atoms with Crippen LogP contribution < -0.4 is 0 Å². The Morgan fingerprint density at radius 1 is 0.923 bits per heavy atom. The molecule has 4 rings (SSSR count). The van der Waals surface area contributed by atoms with E-state index in [0.29, 0.717) is 23.3 Å². The van der Waals surface area contributed by atoms with Crippen LogP contribution >= 0.6 is 0 Å². The van der Waals surface area contributed by atoms with Gasteiger partial charge in [-0.15, -0.1) is 0 Å². The second-order valence-corrected chi connectivity index (χ2v) is 9.28. The Morgan fingerprint density at radius 2 is 1.50 bits per heavy atom. The van der Waals surface area contributed by atoms with Gasteiger partial charge in [0.1, 0.15) is 5.82 Å². The summed E-state index contributed by atoms with van der Waals surface area (Å²) >= 11 is 0. The van der Waals surface area contributed by atoms with Crippen molar-refractivity contribution in [3.63, 3.8) is 0 Å². The second kappa shape index (κ2) is 6.50. The maximum absolute atomic E-state index is 13.1. The van der Waals surface area contributed by atoms with Crippen molar-refractivity contribution in [1.29, 1.82) is 0 Å². The van der Waals surface area contributed by atoms with Crippen LogP contribution in [0, 0.1) is 5.82 Å². The predicted octanol–water partition coefficient (Wildman–Crippen LogP) is 3.44. The third kappa shape index (κ3) is 2.92. The topological polar surface area (TPSA) is 54.5 Å². The Kier molecular flexibility index (Phi) is 4.31. The van der Waals surface area contributed by atoms with Crippen molar-refractivity contribution in [2.45, 2.75) is 47.9 Å². The van der Waals surface area contributed by atoms with Gasteiger partial charge in [0.2, 0.25) is 0 Å². The van der Waals surface area contributed by atoms with E-state index in [-0.39, 0.29) is 23.8 Å². The Balaban J connectivity index is 1.56. The highest BCUT2D eigenvalue weighted by atomic mass is 32.2. The molecule has 4 nitrogen and oxygen atoms in total. The van der Waals surface area contributed by atoms with E-state index >= 15 is 0 Å². The zero-order chi connectivity index (χ0) is 18.3. The Bertz CT molecular complexity index is 898. The lowest BCUT2D eigenvalue weighted by atomic mass is 10.0. The molecule has 26 heavy (non-hydrogen) atoms.